The number of rotatable bonds is 5. The molecule has 9 nitrogen and oxygen atoms in total. The zero-order valence-corrected chi connectivity index (χ0v) is 23.1. The number of likely N-dealkylation sites (tertiary alicyclic amines) is 1. The lowest BCUT2D eigenvalue weighted by atomic mass is 9.41. The minimum absolute atomic E-state index is 0.0700. The molecule has 0 amide bonds. The van der Waals surface area contributed by atoms with Crippen LogP contribution in [0.15, 0.2) is 30.3 Å². The highest BCUT2D eigenvalue weighted by atomic mass is 16.6. The van der Waals surface area contributed by atoms with Crippen LogP contribution in [-0.2, 0) is 14.2 Å². The number of methoxy groups -OCH3 is 2. The molecule has 7 rings (SSSR count). The Morgan fingerprint density at radius 1 is 1.05 bits per heavy atom. The molecule has 5 saturated carbocycles. The average molecular weight is 544 g/mol. The third-order valence-corrected chi connectivity index (χ3v) is 12.3. The van der Waals surface area contributed by atoms with Crippen LogP contribution >= 0.6 is 0 Å². The third kappa shape index (κ3) is 2.66. The summed E-state index contributed by atoms with van der Waals surface area (Å²) in [7, 11) is 3.10. The number of aliphatic hydroxyl groups is 4. The average Bonchev–Trinajstić information content (AvgIpc) is 3.29. The highest BCUT2D eigenvalue weighted by Crippen LogP contribution is 2.81. The first-order valence-electron chi connectivity index (χ1n) is 14.4. The molecule has 1 saturated heterocycles. The topological polar surface area (TPSA) is 129 Å². The van der Waals surface area contributed by atoms with E-state index in [9.17, 15) is 25.2 Å². The molecule has 1 aromatic carbocycles. The minimum Gasteiger partial charge on any atom is -0.458 e. The molecule has 1 spiro atoms. The number of benzene rings is 1. The molecule has 0 aromatic heterocycles. The van der Waals surface area contributed by atoms with Gasteiger partial charge in [-0.3, -0.25) is 4.90 Å². The summed E-state index contributed by atoms with van der Waals surface area (Å²) in [6, 6.07) is 7.92. The van der Waals surface area contributed by atoms with E-state index in [-0.39, 0.29) is 18.3 Å². The van der Waals surface area contributed by atoms with Crippen molar-refractivity contribution in [1.29, 1.82) is 0 Å². The molecule has 5 aliphatic carbocycles. The Bertz CT molecular complexity index is 1180. The molecule has 4 N–H and O–H groups in total. The van der Waals surface area contributed by atoms with E-state index in [1.807, 2.05) is 13.0 Å². The summed E-state index contributed by atoms with van der Waals surface area (Å²) in [5.74, 6) is -2.38. The number of piperidine rings is 1. The molecule has 6 aliphatic rings. The second kappa shape index (κ2) is 8.03. The van der Waals surface area contributed by atoms with Crippen LogP contribution in [-0.4, -0.2) is 106 Å². The maximum absolute atomic E-state index is 13.4. The number of aliphatic hydroxyl groups excluding tert-OH is 1. The maximum Gasteiger partial charge on any atom is 0.338 e. The molecule has 6 fully saturated rings. The van der Waals surface area contributed by atoms with Crippen LogP contribution in [0.1, 0.15) is 49.9 Å². The summed E-state index contributed by atoms with van der Waals surface area (Å²) in [5.41, 5.74) is -6.55. The number of hydrogen-bond acceptors (Lipinski definition) is 9. The van der Waals surface area contributed by atoms with Crippen molar-refractivity contribution in [2.75, 3.05) is 27.3 Å². The third-order valence-electron chi connectivity index (χ3n) is 12.3. The van der Waals surface area contributed by atoms with Crippen LogP contribution in [0.3, 0.4) is 0 Å². The molecule has 1 aliphatic heterocycles. The Balaban J connectivity index is 1.47. The Labute approximate surface area is 229 Å². The van der Waals surface area contributed by atoms with Crippen LogP contribution < -0.4 is 0 Å². The number of hydrogen-bond donors (Lipinski definition) is 4. The van der Waals surface area contributed by atoms with Crippen molar-refractivity contribution < 1.29 is 39.4 Å². The molecule has 13 unspecified atom stereocenters. The van der Waals surface area contributed by atoms with Crippen LogP contribution in [0.4, 0.5) is 0 Å². The van der Waals surface area contributed by atoms with Gasteiger partial charge in [0.05, 0.1) is 46.9 Å². The van der Waals surface area contributed by atoms with Gasteiger partial charge in [0.15, 0.2) is 0 Å². The highest BCUT2D eigenvalue weighted by Gasteiger charge is 2.95. The normalized spacial score (nSPS) is 55.0. The quantitative estimate of drug-likeness (QED) is 0.402. The lowest BCUT2D eigenvalue weighted by molar-refractivity contribution is -0.353. The van der Waals surface area contributed by atoms with Crippen molar-refractivity contribution >= 4 is 5.97 Å². The first-order valence-corrected chi connectivity index (χ1v) is 14.4. The molecule has 13 atom stereocenters. The zero-order valence-electron chi connectivity index (χ0n) is 23.1. The number of carbonyl (C=O) groups is 1. The zero-order chi connectivity index (χ0) is 27.8. The fourth-order valence-electron chi connectivity index (χ4n) is 11.3. The number of carbonyl (C=O) groups excluding carboxylic acids is 1. The predicted molar refractivity (Wildman–Crippen MR) is 139 cm³/mol. The van der Waals surface area contributed by atoms with Crippen molar-refractivity contribution in [3.8, 4) is 0 Å². The van der Waals surface area contributed by atoms with Gasteiger partial charge in [0.25, 0.3) is 0 Å². The van der Waals surface area contributed by atoms with E-state index in [0.29, 0.717) is 25.1 Å². The van der Waals surface area contributed by atoms with Crippen LogP contribution in [0.25, 0.3) is 0 Å². The van der Waals surface area contributed by atoms with E-state index in [0.717, 1.165) is 6.42 Å². The lowest BCUT2D eigenvalue weighted by Gasteiger charge is -2.71. The summed E-state index contributed by atoms with van der Waals surface area (Å²) in [6.07, 6.45) is -1.80. The van der Waals surface area contributed by atoms with Crippen molar-refractivity contribution in [2.45, 2.75) is 86.8 Å². The summed E-state index contributed by atoms with van der Waals surface area (Å²) < 4.78 is 18.2. The molecular weight excluding hydrogens is 502 g/mol. The van der Waals surface area contributed by atoms with Crippen LogP contribution in [0.5, 0.6) is 0 Å². The number of nitrogens with zero attached hydrogens (tertiary/aromatic N) is 1. The molecule has 7 bridgehead atoms. The van der Waals surface area contributed by atoms with E-state index < -0.39 is 76.4 Å². The van der Waals surface area contributed by atoms with Gasteiger partial charge in [0.1, 0.15) is 17.3 Å². The smallest absolute Gasteiger partial charge is 0.338 e. The number of fused-ring (bicyclic) bond motifs is 2. The SMILES string of the molecule is CCN1CC2(C)CCC(O)C34C2C(OC)C(O)(C13)C1(O)CC(OC)C2CC4(O)C1C2OC(=O)c1ccccc1. The van der Waals surface area contributed by atoms with E-state index >= 15 is 0 Å². The monoisotopic (exact) mass is 543 g/mol. The van der Waals surface area contributed by atoms with Crippen molar-refractivity contribution in [3.63, 3.8) is 0 Å². The minimum atomic E-state index is -1.90. The van der Waals surface area contributed by atoms with Gasteiger partial charge in [-0.05, 0) is 43.4 Å². The molecule has 1 heterocycles. The Kier molecular flexibility index (Phi) is 5.42. The maximum atomic E-state index is 13.4. The predicted octanol–water partition coefficient (Wildman–Crippen LogP) is 0.970. The van der Waals surface area contributed by atoms with Gasteiger partial charge in [-0.1, -0.05) is 32.0 Å². The van der Waals surface area contributed by atoms with Gasteiger partial charge in [-0.2, -0.15) is 0 Å². The Morgan fingerprint density at radius 2 is 1.77 bits per heavy atom. The molecular formula is C30H41NO8. The number of ether oxygens (including phenoxy) is 3. The van der Waals surface area contributed by atoms with E-state index in [1.165, 1.54) is 0 Å². The van der Waals surface area contributed by atoms with Crippen molar-refractivity contribution in [3.05, 3.63) is 35.9 Å². The standard InChI is InChI=1S/C30H41NO8/c1-5-31-15-26(2)12-11-19(32)29-22(26)23(38-4)30(36,25(29)31)28(35)14-18(37-3)17-13-27(29,34)21(28)20(17)39-24(33)16-9-7-6-8-10-16/h6-10,17-23,25,32,34-36H,5,11-15H2,1-4H3. The molecule has 1 aromatic rings. The van der Waals surface area contributed by atoms with Gasteiger partial charge in [0.2, 0.25) is 0 Å². The first-order chi connectivity index (χ1) is 18.5. The van der Waals surface area contributed by atoms with E-state index in [1.54, 1.807) is 38.5 Å². The molecule has 214 valence electrons. The first kappa shape index (κ1) is 26.3. The van der Waals surface area contributed by atoms with E-state index in [4.69, 9.17) is 14.2 Å². The molecule has 9 heteroatoms. The highest BCUT2D eigenvalue weighted by molar-refractivity contribution is 5.89. The summed E-state index contributed by atoms with van der Waals surface area (Å²) in [5, 5.41) is 51.2. The lowest BCUT2D eigenvalue weighted by Crippen LogP contribution is -2.86. The Hall–Kier alpha value is -1.59. The molecule has 39 heavy (non-hydrogen) atoms. The summed E-state index contributed by atoms with van der Waals surface area (Å²) in [4.78, 5) is 15.5. The number of esters is 1. The second-order valence-corrected chi connectivity index (χ2v) is 13.5. The van der Waals surface area contributed by atoms with Crippen LogP contribution in [0, 0.1) is 28.6 Å². The van der Waals surface area contributed by atoms with Crippen molar-refractivity contribution in [1.82, 2.24) is 4.90 Å². The van der Waals surface area contributed by atoms with Gasteiger partial charge < -0.3 is 34.6 Å². The second-order valence-electron chi connectivity index (χ2n) is 13.5. The Morgan fingerprint density at radius 3 is 2.41 bits per heavy atom. The van der Waals surface area contributed by atoms with E-state index in [2.05, 4.69) is 11.8 Å². The van der Waals surface area contributed by atoms with Gasteiger partial charge in [-0.15, -0.1) is 0 Å². The summed E-state index contributed by atoms with van der Waals surface area (Å²) in [6.45, 7) is 5.44. The van der Waals surface area contributed by atoms with Gasteiger partial charge >= 0.3 is 5.97 Å². The van der Waals surface area contributed by atoms with Gasteiger partial charge in [0, 0.05) is 39.0 Å². The summed E-state index contributed by atoms with van der Waals surface area (Å²) >= 11 is 0. The fourth-order valence-corrected chi connectivity index (χ4v) is 11.3. The molecule has 0 radical (unpaired) electrons. The van der Waals surface area contributed by atoms with Crippen LogP contribution in [0.2, 0.25) is 0 Å². The fraction of sp³-hybridized carbons (Fsp3) is 0.767. The largest absolute Gasteiger partial charge is 0.458 e. The number of likely N-dealkylation sites (N-methyl/N-ethyl adjacent to an activating group) is 1. The van der Waals surface area contributed by atoms with Crippen molar-refractivity contribution in [2.24, 2.45) is 28.6 Å². The van der Waals surface area contributed by atoms with Gasteiger partial charge in [-0.25, -0.2) is 4.79 Å².